The van der Waals surface area contributed by atoms with Crippen LogP contribution >= 0.6 is 0 Å². The lowest BCUT2D eigenvalue weighted by Gasteiger charge is -2.45. The summed E-state index contributed by atoms with van der Waals surface area (Å²) in [5.41, 5.74) is -0.363. The van der Waals surface area contributed by atoms with Gasteiger partial charge in [-0.05, 0) is 42.0 Å². The maximum atomic E-state index is 13.1. The highest BCUT2D eigenvalue weighted by Crippen LogP contribution is 2.33. The van der Waals surface area contributed by atoms with Gasteiger partial charge < -0.3 is 9.64 Å². The number of hydrogen-bond acceptors (Lipinski definition) is 7. The van der Waals surface area contributed by atoms with E-state index in [2.05, 4.69) is 36.9 Å². The van der Waals surface area contributed by atoms with Gasteiger partial charge in [0.15, 0.2) is 0 Å². The van der Waals surface area contributed by atoms with Gasteiger partial charge in [-0.25, -0.2) is 8.89 Å². The van der Waals surface area contributed by atoms with Crippen LogP contribution in [0.2, 0.25) is 0 Å². The molecule has 1 aromatic heterocycles. The molecule has 1 amide bonds. The van der Waals surface area contributed by atoms with Gasteiger partial charge >= 0.3 is 0 Å². The molecule has 1 atom stereocenters. The molecule has 10 heteroatoms. The minimum absolute atomic E-state index is 0.219. The zero-order chi connectivity index (χ0) is 18.9. The van der Waals surface area contributed by atoms with E-state index in [1.54, 1.807) is 4.68 Å². The van der Waals surface area contributed by atoms with Crippen LogP contribution in [-0.4, -0.2) is 67.1 Å². The summed E-state index contributed by atoms with van der Waals surface area (Å²) in [6.07, 6.45) is 7.82. The number of amides is 1. The molecule has 4 rings (SSSR count). The van der Waals surface area contributed by atoms with Crippen molar-refractivity contribution >= 4 is 21.6 Å². The Morgan fingerprint density at radius 2 is 2.26 bits per heavy atom. The number of anilines is 1. The number of rotatable bonds is 3. The molecule has 1 aromatic rings. The number of ether oxygens (including phenoxy) is 1. The molecule has 1 aliphatic carbocycles. The second kappa shape index (κ2) is 7.31. The summed E-state index contributed by atoms with van der Waals surface area (Å²) >= 11 is 0. The molecule has 0 N–H and O–H groups in total. The van der Waals surface area contributed by atoms with Crippen LogP contribution in [0.5, 0.6) is 0 Å². The first-order valence-corrected chi connectivity index (χ1v) is 11.4. The van der Waals surface area contributed by atoms with Crippen LogP contribution in [0.3, 0.4) is 0 Å². The minimum atomic E-state index is -2.48. The fourth-order valence-corrected chi connectivity index (χ4v) is 6.35. The van der Waals surface area contributed by atoms with Crippen molar-refractivity contribution in [1.82, 2.24) is 20.2 Å². The highest BCUT2D eigenvalue weighted by molar-refractivity contribution is 7.93. The van der Waals surface area contributed by atoms with Gasteiger partial charge in [0.05, 0.1) is 28.5 Å². The molecule has 1 spiro atoms. The van der Waals surface area contributed by atoms with Crippen molar-refractivity contribution < 1.29 is 13.7 Å². The first kappa shape index (κ1) is 18.5. The number of hydrogen-bond donors (Lipinski definition) is 0. The Bertz CT molecular complexity index is 843. The lowest BCUT2D eigenvalue weighted by Crippen LogP contribution is -2.56. The van der Waals surface area contributed by atoms with Crippen molar-refractivity contribution in [3.8, 4) is 0 Å². The van der Waals surface area contributed by atoms with E-state index in [0.29, 0.717) is 49.9 Å². The monoisotopic (exact) mass is 394 g/mol. The maximum absolute atomic E-state index is 13.1. The predicted octanol–water partition coefficient (Wildman–Crippen LogP) is 0.930. The van der Waals surface area contributed by atoms with Crippen molar-refractivity contribution in [2.75, 3.05) is 36.1 Å². The van der Waals surface area contributed by atoms with E-state index in [9.17, 15) is 9.00 Å². The van der Waals surface area contributed by atoms with Crippen LogP contribution in [0, 0.1) is 5.92 Å². The summed E-state index contributed by atoms with van der Waals surface area (Å²) in [7, 11) is -0.664. The minimum Gasteiger partial charge on any atom is -0.371 e. The second-order valence-electron chi connectivity index (χ2n) is 7.69. The lowest BCUT2D eigenvalue weighted by atomic mass is 9.94. The van der Waals surface area contributed by atoms with Crippen LogP contribution < -0.4 is 4.90 Å². The van der Waals surface area contributed by atoms with Gasteiger partial charge in [0.2, 0.25) is 5.95 Å². The largest absolute Gasteiger partial charge is 0.371 e. The number of tetrazole rings is 1. The van der Waals surface area contributed by atoms with Gasteiger partial charge in [-0.2, -0.15) is 4.36 Å². The summed E-state index contributed by atoms with van der Waals surface area (Å²) in [6.45, 7) is 1.97. The molecule has 2 saturated heterocycles. The molecule has 0 saturated carbocycles. The summed E-state index contributed by atoms with van der Waals surface area (Å²) in [5.74, 6) is 1.57. The average molecular weight is 395 g/mol. The Hall–Kier alpha value is -1.81. The third-order valence-electron chi connectivity index (χ3n) is 5.70. The van der Waals surface area contributed by atoms with E-state index >= 15 is 0 Å². The molecule has 3 heterocycles. The number of aromatic nitrogens is 4. The Morgan fingerprint density at radius 3 is 2.93 bits per heavy atom. The molecule has 0 aromatic carbocycles. The second-order valence-corrected chi connectivity index (χ2v) is 10.2. The molecule has 0 bridgehead atoms. The highest BCUT2D eigenvalue weighted by atomic mass is 32.2. The molecule has 2 fully saturated rings. The molecule has 148 valence electrons. The molecular formula is C17H26N6O3S. The van der Waals surface area contributed by atoms with E-state index in [4.69, 9.17) is 4.74 Å². The summed E-state index contributed by atoms with van der Waals surface area (Å²) in [5, 5.41) is 11.7. The van der Waals surface area contributed by atoms with Crippen molar-refractivity contribution in [2.45, 2.75) is 37.7 Å². The van der Waals surface area contributed by atoms with Crippen molar-refractivity contribution in [2.24, 2.45) is 17.3 Å². The lowest BCUT2D eigenvalue weighted by molar-refractivity contribution is -0.118. The van der Waals surface area contributed by atoms with Gasteiger partial charge in [-0.1, -0.05) is 17.3 Å². The van der Waals surface area contributed by atoms with E-state index in [1.807, 2.05) is 7.05 Å². The normalized spacial score (nSPS) is 33.5. The summed E-state index contributed by atoms with van der Waals surface area (Å²) in [6, 6.07) is 0. The Labute approximate surface area is 159 Å². The van der Waals surface area contributed by atoms with Crippen molar-refractivity contribution in [3.05, 3.63) is 12.2 Å². The quantitative estimate of drug-likeness (QED) is 0.703. The maximum Gasteiger partial charge on any atom is 0.254 e. The van der Waals surface area contributed by atoms with Gasteiger partial charge in [-0.15, -0.1) is 0 Å². The van der Waals surface area contributed by atoms with E-state index in [0.717, 1.165) is 19.4 Å². The Morgan fingerprint density at radius 1 is 1.44 bits per heavy atom. The number of nitrogens with zero attached hydrogens (tertiary/aromatic N) is 6. The summed E-state index contributed by atoms with van der Waals surface area (Å²) < 4.78 is 25.0. The van der Waals surface area contributed by atoms with E-state index in [-0.39, 0.29) is 17.4 Å². The van der Waals surface area contributed by atoms with Gasteiger partial charge in [-0.3, -0.25) is 4.79 Å². The first-order valence-electron chi connectivity index (χ1n) is 9.50. The number of aryl methyl sites for hydroxylation is 1. The molecule has 27 heavy (non-hydrogen) atoms. The van der Waals surface area contributed by atoms with Crippen LogP contribution in [0.25, 0.3) is 0 Å². The average Bonchev–Trinajstić information content (AvgIpc) is 3.30. The number of carbonyl (C=O) groups excluding carboxylic acids is 1. The molecular weight excluding hydrogens is 368 g/mol. The first-order chi connectivity index (χ1) is 13.0. The van der Waals surface area contributed by atoms with E-state index < -0.39 is 9.73 Å². The molecule has 2 aliphatic heterocycles. The van der Waals surface area contributed by atoms with Crippen LogP contribution in [0.15, 0.2) is 16.5 Å². The molecule has 9 nitrogen and oxygen atoms in total. The smallest absolute Gasteiger partial charge is 0.254 e. The molecule has 3 aliphatic rings. The highest BCUT2D eigenvalue weighted by Gasteiger charge is 2.42. The number of allylic oxidation sites excluding steroid dienone is 2. The zero-order valence-corrected chi connectivity index (χ0v) is 16.4. The fraction of sp³-hybridized carbons (Fsp3) is 0.765. The third-order valence-corrected chi connectivity index (χ3v) is 7.92. The number of carbonyl (C=O) groups is 1. The predicted molar refractivity (Wildman–Crippen MR) is 101 cm³/mol. The standard InChI is InChI=1S/C17H26N6O3S/c1-22-16(18-20-21-22)23-8-9-26-17(13-23)6-10-27(25,11-7-17)19-15(24)12-14-4-2-3-5-14/h2,4,14H,3,5-13H2,1H3. The molecule has 1 unspecified atom stereocenters. The summed E-state index contributed by atoms with van der Waals surface area (Å²) in [4.78, 5) is 14.4. The van der Waals surface area contributed by atoms with E-state index in [1.165, 1.54) is 0 Å². The number of morpholine rings is 1. The van der Waals surface area contributed by atoms with Crippen LogP contribution in [0.1, 0.15) is 32.1 Å². The van der Waals surface area contributed by atoms with Crippen LogP contribution in [0.4, 0.5) is 5.95 Å². The van der Waals surface area contributed by atoms with Gasteiger partial charge in [0.25, 0.3) is 5.91 Å². The van der Waals surface area contributed by atoms with Crippen LogP contribution in [-0.2, 0) is 26.3 Å². The zero-order valence-electron chi connectivity index (χ0n) is 15.6. The topological polar surface area (TPSA) is 103 Å². The van der Waals surface area contributed by atoms with Crippen molar-refractivity contribution in [3.63, 3.8) is 0 Å². The third kappa shape index (κ3) is 4.06. The van der Waals surface area contributed by atoms with Gasteiger partial charge in [0, 0.05) is 31.5 Å². The molecule has 0 radical (unpaired) electrons. The fourth-order valence-electron chi connectivity index (χ4n) is 4.13. The SMILES string of the molecule is Cn1nnnc1N1CCOC2(CCS(=O)(=NC(=O)CC3C=CCC3)CC2)C1. The Balaban J connectivity index is 1.40. The van der Waals surface area contributed by atoms with Gasteiger partial charge in [0.1, 0.15) is 0 Å². The van der Waals surface area contributed by atoms with Crippen molar-refractivity contribution in [1.29, 1.82) is 0 Å². The Kier molecular flexibility index (Phi) is 5.02.